The molecule has 0 heterocycles. The highest BCUT2D eigenvalue weighted by atomic mass is 16.5. The molecule has 0 saturated heterocycles. The molecule has 0 spiro atoms. The predicted molar refractivity (Wildman–Crippen MR) is 83.6 cm³/mol. The van der Waals surface area contributed by atoms with Crippen LogP contribution in [0.2, 0.25) is 0 Å². The Morgan fingerprint density at radius 2 is 2.10 bits per heavy atom. The van der Waals surface area contributed by atoms with E-state index in [1.165, 1.54) is 32.1 Å². The van der Waals surface area contributed by atoms with Crippen molar-refractivity contribution in [2.75, 3.05) is 26.8 Å². The van der Waals surface area contributed by atoms with Crippen LogP contribution in [0.25, 0.3) is 0 Å². The molecule has 1 aliphatic carbocycles. The van der Waals surface area contributed by atoms with E-state index >= 15 is 0 Å². The fourth-order valence-corrected chi connectivity index (χ4v) is 2.73. The van der Waals surface area contributed by atoms with E-state index in [1.54, 1.807) is 7.11 Å². The fourth-order valence-electron chi connectivity index (χ4n) is 2.73. The molecule has 2 N–H and O–H groups in total. The van der Waals surface area contributed by atoms with Crippen LogP contribution in [0.15, 0.2) is 24.3 Å². The van der Waals surface area contributed by atoms with E-state index in [0.29, 0.717) is 12.6 Å². The largest absolute Gasteiger partial charge is 0.497 e. The molecule has 0 bridgehead atoms. The van der Waals surface area contributed by atoms with Crippen molar-refractivity contribution < 1.29 is 14.6 Å². The minimum absolute atomic E-state index is 0.448. The monoisotopic (exact) mass is 293 g/mol. The minimum atomic E-state index is -0.519. The lowest BCUT2D eigenvalue weighted by molar-refractivity contribution is 0.0292. The van der Waals surface area contributed by atoms with Gasteiger partial charge in [-0.3, -0.25) is 0 Å². The van der Waals surface area contributed by atoms with Crippen molar-refractivity contribution in [1.29, 1.82) is 0 Å². The number of aliphatic hydroxyl groups is 1. The summed E-state index contributed by atoms with van der Waals surface area (Å²) in [6.07, 6.45) is 6.28. The molecule has 1 aliphatic rings. The van der Waals surface area contributed by atoms with Crippen molar-refractivity contribution >= 4 is 0 Å². The molecule has 21 heavy (non-hydrogen) atoms. The molecule has 0 radical (unpaired) electrons. The zero-order valence-corrected chi connectivity index (χ0v) is 12.9. The highest BCUT2D eigenvalue weighted by molar-refractivity contribution is 5.29. The number of benzene rings is 1. The Kier molecular flexibility index (Phi) is 7.00. The van der Waals surface area contributed by atoms with Crippen LogP contribution in [0, 0.1) is 0 Å². The van der Waals surface area contributed by atoms with Crippen molar-refractivity contribution in [3.8, 4) is 5.75 Å². The van der Waals surface area contributed by atoms with Crippen molar-refractivity contribution in [1.82, 2.24) is 5.32 Å². The lowest BCUT2D eigenvalue weighted by Crippen LogP contribution is -2.27. The maximum atomic E-state index is 10.1. The Hall–Kier alpha value is -1.10. The molecule has 4 nitrogen and oxygen atoms in total. The molecule has 2 rings (SSSR count). The average molecular weight is 293 g/mol. The van der Waals surface area contributed by atoms with Gasteiger partial charge in [0, 0.05) is 13.1 Å². The smallest absolute Gasteiger partial charge is 0.119 e. The summed E-state index contributed by atoms with van der Waals surface area (Å²) >= 11 is 0. The van der Waals surface area contributed by atoms with Gasteiger partial charge in [-0.2, -0.15) is 0 Å². The van der Waals surface area contributed by atoms with Gasteiger partial charge in [-0.1, -0.05) is 31.4 Å². The number of methoxy groups -OCH3 is 1. The van der Waals surface area contributed by atoms with Gasteiger partial charge in [0.1, 0.15) is 5.75 Å². The second-order valence-electron chi connectivity index (χ2n) is 5.63. The minimum Gasteiger partial charge on any atom is -0.497 e. The van der Waals surface area contributed by atoms with E-state index in [1.807, 2.05) is 24.3 Å². The Bertz CT molecular complexity index is 405. The highest BCUT2D eigenvalue weighted by Crippen LogP contribution is 2.20. The second kappa shape index (κ2) is 9.03. The van der Waals surface area contributed by atoms with Crippen LogP contribution < -0.4 is 10.1 Å². The summed E-state index contributed by atoms with van der Waals surface area (Å²) < 4.78 is 11.0. The summed E-state index contributed by atoms with van der Waals surface area (Å²) in [5.74, 6) is 0.771. The summed E-state index contributed by atoms with van der Waals surface area (Å²) in [6.45, 7) is 2.02. The molecule has 0 aromatic heterocycles. The topological polar surface area (TPSA) is 50.7 Å². The van der Waals surface area contributed by atoms with Crippen LogP contribution in [0.3, 0.4) is 0 Å². The third-order valence-electron chi connectivity index (χ3n) is 4.00. The zero-order chi connectivity index (χ0) is 14.9. The molecule has 1 unspecified atom stereocenters. The Morgan fingerprint density at radius 3 is 2.86 bits per heavy atom. The molecule has 1 saturated carbocycles. The van der Waals surface area contributed by atoms with Crippen molar-refractivity contribution in [2.45, 2.75) is 44.3 Å². The first-order valence-electron chi connectivity index (χ1n) is 7.94. The third-order valence-corrected chi connectivity index (χ3v) is 4.00. The van der Waals surface area contributed by atoms with Crippen LogP contribution in [0.4, 0.5) is 0 Å². The van der Waals surface area contributed by atoms with Gasteiger partial charge >= 0.3 is 0 Å². The Morgan fingerprint density at radius 1 is 1.29 bits per heavy atom. The molecular weight excluding hydrogens is 266 g/mol. The molecule has 1 fully saturated rings. The zero-order valence-electron chi connectivity index (χ0n) is 12.9. The summed E-state index contributed by atoms with van der Waals surface area (Å²) in [5.41, 5.74) is 0.870. The highest BCUT2D eigenvalue weighted by Gasteiger charge is 2.13. The lowest BCUT2D eigenvalue weighted by Gasteiger charge is -2.22. The number of hydrogen-bond donors (Lipinski definition) is 2. The molecule has 1 aromatic rings. The van der Waals surface area contributed by atoms with E-state index < -0.39 is 6.10 Å². The summed E-state index contributed by atoms with van der Waals surface area (Å²) in [6, 6.07) is 7.55. The lowest BCUT2D eigenvalue weighted by atomic mass is 9.98. The van der Waals surface area contributed by atoms with Gasteiger partial charge in [0.15, 0.2) is 0 Å². The van der Waals surface area contributed by atoms with Crippen LogP contribution in [-0.4, -0.2) is 38.0 Å². The van der Waals surface area contributed by atoms with E-state index in [0.717, 1.165) is 24.5 Å². The quantitative estimate of drug-likeness (QED) is 0.724. The van der Waals surface area contributed by atoms with E-state index in [-0.39, 0.29) is 0 Å². The number of ether oxygens (including phenoxy) is 2. The van der Waals surface area contributed by atoms with E-state index in [9.17, 15) is 5.11 Å². The van der Waals surface area contributed by atoms with Crippen LogP contribution >= 0.6 is 0 Å². The molecule has 118 valence electrons. The molecule has 0 aliphatic heterocycles. The number of rotatable bonds is 8. The predicted octanol–water partition coefficient (Wildman–Crippen LogP) is 2.67. The Labute approximate surface area is 127 Å². The number of nitrogens with one attached hydrogen (secondary N) is 1. The van der Waals surface area contributed by atoms with Crippen LogP contribution in [0.1, 0.15) is 43.8 Å². The van der Waals surface area contributed by atoms with Gasteiger partial charge in [0.2, 0.25) is 0 Å². The maximum absolute atomic E-state index is 10.1. The first-order chi connectivity index (χ1) is 10.3. The summed E-state index contributed by atoms with van der Waals surface area (Å²) in [7, 11) is 1.63. The first kappa shape index (κ1) is 16.3. The fraction of sp³-hybridized carbons (Fsp3) is 0.647. The normalized spacial score (nSPS) is 17.6. The van der Waals surface area contributed by atoms with Gasteiger partial charge < -0.3 is 19.9 Å². The molecular formula is C17H27NO3. The summed E-state index contributed by atoms with van der Waals surface area (Å²) in [4.78, 5) is 0. The second-order valence-corrected chi connectivity index (χ2v) is 5.63. The van der Waals surface area contributed by atoms with Crippen LogP contribution in [-0.2, 0) is 4.74 Å². The number of hydrogen-bond acceptors (Lipinski definition) is 4. The van der Waals surface area contributed by atoms with Gasteiger partial charge in [-0.25, -0.2) is 0 Å². The molecule has 4 heteroatoms. The Balaban J connectivity index is 1.61. The molecule has 0 amide bonds. The number of aliphatic hydroxyl groups excluding tert-OH is 1. The van der Waals surface area contributed by atoms with Gasteiger partial charge in [-0.05, 0) is 30.5 Å². The maximum Gasteiger partial charge on any atom is 0.119 e. The third kappa shape index (κ3) is 5.65. The van der Waals surface area contributed by atoms with Gasteiger partial charge in [0.25, 0.3) is 0 Å². The van der Waals surface area contributed by atoms with Gasteiger partial charge in [0.05, 0.1) is 25.9 Å². The summed E-state index contributed by atoms with van der Waals surface area (Å²) in [5, 5.41) is 13.4. The first-order valence-corrected chi connectivity index (χ1v) is 7.94. The van der Waals surface area contributed by atoms with E-state index in [4.69, 9.17) is 9.47 Å². The van der Waals surface area contributed by atoms with Crippen molar-refractivity contribution in [2.24, 2.45) is 0 Å². The standard InChI is InChI=1S/C17H27NO3/c1-20-16-9-5-6-14(12-16)17(19)13-18-10-11-21-15-7-3-2-4-8-15/h5-6,9,12,15,17-19H,2-4,7-8,10-11,13H2,1H3. The molecule has 1 atom stereocenters. The van der Waals surface area contributed by atoms with Crippen molar-refractivity contribution in [3.05, 3.63) is 29.8 Å². The van der Waals surface area contributed by atoms with Gasteiger partial charge in [-0.15, -0.1) is 0 Å². The molecule has 1 aromatic carbocycles. The SMILES string of the molecule is COc1cccc(C(O)CNCCOC2CCCCC2)c1. The van der Waals surface area contributed by atoms with E-state index in [2.05, 4.69) is 5.32 Å². The van der Waals surface area contributed by atoms with Crippen LogP contribution in [0.5, 0.6) is 5.75 Å². The van der Waals surface area contributed by atoms with Crippen molar-refractivity contribution in [3.63, 3.8) is 0 Å². The average Bonchev–Trinajstić information content (AvgIpc) is 2.55.